The minimum Gasteiger partial charge on any atom is -0.308 e. The molecule has 1 heterocycles. The van der Waals surface area contributed by atoms with Gasteiger partial charge < -0.3 is 5.32 Å². The first kappa shape index (κ1) is 14.7. The normalized spacial score (nSPS) is 17.6. The van der Waals surface area contributed by atoms with E-state index in [9.17, 15) is 0 Å². The smallest absolute Gasteiger partial charge is 0.134 e. The molecule has 1 atom stereocenters. The molecule has 1 aliphatic rings. The molecule has 1 aromatic heterocycles. The highest BCUT2D eigenvalue weighted by Gasteiger charge is 2.49. The monoisotopic (exact) mass is 301 g/mol. The van der Waals surface area contributed by atoms with Crippen molar-refractivity contribution in [3.8, 4) is 0 Å². The molecule has 2 aromatic rings. The Morgan fingerprint density at radius 3 is 2.57 bits per heavy atom. The van der Waals surface area contributed by atoms with Gasteiger partial charge >= 0.3 is 0 Å². The van der Waals surface area contributed by atoms with E-state index in [2.05, 4.69) is 59.7 Å². The predicted molar refractivity (Wildman–Crippen MR) is 87.7 cm³/mol. The van der Waals surface area contributed by atoms with E-state index in [-0.39, 0.29) is 5.41 Å². The van der Waals surface area contributed by atoms with E-state index >= 15 is 0 Å². The molecule has 21 heavy (non-hydrogen) atoms. The van der Waals surface area contributed by atoms with Crippen molar-refractivity contribution in [2.24, 2.45) is 0 Å². The van der Waals surface area contributed by atoms with Crippen molar-refractivity contribution < 1.29 is 0 Å². The second kappa shape index (κ2) is 6.24. The Labute approximate surface area is 130 Å². The fourth-order valence-corrected chi connectivity index (χ4v) is 4.07. The van der Waals surface area contributed by atoms with Gasteiger partial charge in [0, 0.05) is 5.41 Å². The average Bonchev–Trinajstić information content (AvgIpc) is 3.21. The van der Waals surface area contributed by atoms with Crippen LogP contribution >= 0.6 is 11.3 Å². The first-order valence-corrected chi connectivity index (χ1v) is 8.74. The van der Waals surface area contributed by atoms with Gasteiger partial charge in [-0.1, -0.05) is 55.5 Å². The number of nitrogens with zero attached hydrogens (tertiary/aromatic N) is 2. The first-order valence-electron chi connectivity index (χ1n) is 7.93. The summed E-state index contributed by atoms with van der Waals surface area (Å²) >= 11 is 1.80. The zero-order valence-electron chi connectivity index (χ0n) is 12.8. The summed E-state index contributed by atoms with van der Waals surface area (Å²) in [7, 11) is 0. The zero-order chi connectivity index (χ0) is 14.7. The third kappa shape index (κ3) is 2.87. The summed E-state index contributed by atoms with van der Waals surface area (Å²) in [5, 5.41) is 14.9. The van der Waals surface area contributed by atoms with Gasteiger partial charge in [0.1, 0.15) is 10.0 Å². The van der Waals surface area contributed by atoms with Crippen molar-refractivity contribution in [2.75, 3.05) is 6.54 Å². The Morgan fingerprint density at radius 2 is 1.95 bits per heavy atom. The molecule has 0 radical (unpaired) electrons. The lowest BCUT2D eigenvalue weighted by atomic mass is 9.97. The Bertz CT molecular complexity index is 575. The van der Waals surface area contributed by atoms with E-state index in [1.807, 2.05) is 0 Å². The fourth-order valence-electron chi connectivity index (χ4n) is 2.80. The summed E-state index contributed by atoms with van der Waals surface area (Å²) in [6.07, 6.45) is 4.61. The Kier molecular flexibility index (Phi) is 4.36. The van der Waals surface area contributed by atoms with Gasteiger partial charge in [0.2, 0.25) is 0 Å². The summed E-state index contributed by atoms with van der Waals surface area (Å²) in [5.41, 5.74) is 1.54. The third-order valence-corrected chi connectivity index (χ3v) is 5.51. The molecule has 1 aromatic carbocycles. The molecule has 0 spiro atoms. The molecule has 0 aliphatic heterocycles. The van der Waals surface area contributed by atoms with Crippen LogP contribution in [0.3, 0.4) is 0 Å². The van der Waals surface area contributed by atoms with Crippen LogP contribution in [0, 0.1) is 0 Å². The molecule has 3 rings (SSSR count). The van der Waals surface area contributed by atoms with Crippen molar-refractivity contribution in [1.82, 2.24) is 15.5 Å². The van der Waals surface area contributed by atoms with Gasteiger partial charge in [0.05, 0.1) is 6.04 Å². The molecule has 1 fully saturated rings. The maximum Gasteiger partial charge on any atom is 0.134 e. The van der Waals surface area contributed by atoms with Crippen LogP contribution in [0.25, 0.3) is 0 Å². The van der Waals surface area contributed by atoms with Gasteiger partial charge in [-0.25, -0.2) is 0 Å². The molecule has 0 amide bonds. The summed E-state index contributed by atoms with van der Waals surface area (Å²) in [6, 6.07) is 11.1. The standard InChI is InChI=1S/C17H23N3S/c1-3-12-18-14(4-2)15-19-20-16(21-15)17(10-11-17)13-8-6-5-7-9-13/h5-9,14,18H,3-4,10-12H2,1-2H3. The van der Waals surface area contributed by atoms with Gasteiger partial charge in [-0.05, 0) is 37.8 Å². The van der Waals surface area contributed by atoms with Gasteiger partial charge in [0.15, 0.2) is 0 Å². The van der Waals surface area contributed by atoms with Crippen molar-refractivity contribution in [2.45, 2.75) is 51.0 Å². The summed E-state index contributed by atoms with van der Waals surface area (Å²) in [5.74, 6) is 0. The van der Waals surface area contributed by atoms with Crippen LogP contribution in [0.5, 0.6) is 0 Å². The van der Waals surface area contributed by atoms with Gasteiger partial charge in [0.25, 0.3) is 0 Å². The quantitative estimate of drug-likeness (QED) is 0.837. The number of rotatable bonds is 7. The summed E-state index contributed by atoms with van der Waals surface area (Å²) in [4.78, 5) is 0. The predicted octanol–water partition coefficient (Wildman–Crippen LogP) is 4.07. The van der Waals surface area contributed by atoms with Gasteiger partial charge in [-0.2, -0.15) is 0 Å². The van der Waals surface area contributed by atoms with E-state index in [0.29, 0.717) is 6.04 Å². The van der Waals surface area contributed by atoms with Crippen LogP contribution in [0.4, 0.5) is 0 Å². The van der Waals surface area contributed by atoms with E-state index in [4.69, 9.17) is 0 Å². The highest BCUT2D eigenvalue weighted by Crippen LogP contribution is 2.54. The van der Waals surface area contributed by atoms with Crippen molar-refractivity contribution in [3.63, 3.8) is 0 Å². The number of hydrogen-bond donors (Lipinski definition) is 1. The van der Waals surface area contributed by atoms with Gasteiger partial charge in [-0.15, -0.1) is 10.2 Å². The Hall–Kier alpha value is -1.26. The lowest BCUT2D eigenvalue weighted by Crippen LogP contribution is -2.21. The summed E-state index contributed by atoms with van der Waals surface area (Å²) in [6.45, 7) is 5.44. The molecular formula is C17H23N3S. The Morgan fingerprint density at radius 1 is 1.19 bits per heavy atom. The highest BCUT2D eigenvalue weighted by molar-refractivity contribution is 7.11. The minimum atomic E-state index is 0.153. The molecule has 1 unspecified atom stereocenters. The third-order valence-electron chi connectivity index (χ3n) is 4.27. The number of aromatic nitrogens is 2. The van der Waals surface area contributed by atoms with Crippen LogP contribution in [0.1, 0.15) is 61.2 Å². The lowest BCUT2D eigenvalue weighted by molar-refractivity contribution is 0.512. The molecular weight excluding hydrogens is 278 g/mol. The summed E-state index contributed by atoms with van der Waals surface area (Å²) < 4.78 is 0. The minimum absolute atomic E-state index is 0.153. The molecule has 112 valence electrons. The van der Waals surface area contributed by atoms with E-state index in [1.165, 1.54) is 23.4 Å². The van der Waals surface area contributed by atoms with Gasteiger partial charge in [-0.3, -0.25) is 0 Å². The molecule has 0 saturated heterocycles. The van der Waals surface area contributed by atoms with Crippen LogP contribution in [-0.4, -0.2) is 16.7 Å². The maximum atomic E-state index is 4.53. The average molecular weight is 301 g/mol. The van der Waals surface area contributed by atoms with Crippen LogP contribution in [-0.2, 0) is 5.41 Å². The second-order valence-corrected chi connectivity index (χ2v) is 6.82. The van der Waals surface area contributed by atoms with Crippen molar-refractivity contribution >= 4 is 11.3 Å². The highest BCUT2D eigenvalue weighted by atomic mass is 32.1. The topological polar surface area (TPSA) is 37.8 Å². The number of hydrogen-bond acceptors (Lipinski definition) is 4. The molecule has 3 nitrogen and oxygen atoms in total. The van der Waals surface area contributed by atoms with E-state index in [0.717, 1.165) is 24.4 Å². The van der Waals surface area contributed by atoms with Crippen LogP contribution in [0.15, 0.2) is 30.3 Å². The molecule has 1 N–H and O–H groups in total. The second-order valence-electron chi connectivity index (χ2n) is 5.81. The molecule has 4 heteroatoms. The maximum absolute atomic E-state index is 4.53. The molecule has 1 aliphatic carbocycles. The van der Waals surface area contributed by atoms with Crippen molar-refractivity contribution in [3.05, 3.63) is 45.9 Å². The zero-order valence-corrected chi connectivity index (χ0v) is 13.6. The van der Waals surface area contributed by atoms with Crippen LogP contribution in [0.2, 0.25) is 0 Å². The van der Waals surface area contributed by atoms with Crippen LogP contribution < -0.4 is 5.32 Å². The fraction of sp³-hybridized carbons (Fsp3) is 0.529. The van der Waals surface area contributed by atoms with E-state index in [1.54, 1.807) is 11.3 Å². The SMILES string of the molecule is CCCNC(CC)c1nnc(C2(c3ccccc3)CC2)s1. The first-order chi connectivity index (χ1) is 10.3. The molecule has 1 saturated carbocycles. The number of nitrogens with one attached hydrogen (secondary N) is 1. The lowest BCUT2D eigenvalue weighted by Gasteiger charge is -2.13. The Balaban J connectivity index is 1.82. The van der Waals surface area contributed by atoms with E-state index < -0.39 is 0 Å². The largest absolute Gasteiger partial charge is 0.308 e. The number of benzene rings is 1. The van der Waals surface area contributed by atoms with Crippen molar-refractivity contribution in [1.29, 1.82) is 0 Å². The molecule has 0 bridgehead atoms.